The molecule has 0 radical (unpaired) electrons. The Hall–Kier alpha value is -12.1. The molecule has 5 saturated heterocycles. The molecule has 0 unspecified atom stereocenters. The molecule has 11 aromatic carbocycles. The van der Waals surface area contributed by atoms with Crippen molar-refractivity contribution in [2.75, 3.05) is 33.0 Å². The average molecular weight is 2000 g/mol. The number of esters is 3. The third-order valence-electron chi connectivity index (χ3n) is 25.3. The highest BCUT2D eigenvalue weighted by molar-refractivity contribution is 5.89. The van der Waals surface area contributed by atoms with Crippen LogP contribution < -0.4 is 10.6 Å². The molecule has 0 spiro atoms. The van der Waals surface area contributed by atoms with E-state index in [1.54, 1.807) is 30.3 Å². The Morgan fingerprint density at radius 1 is 0.247 bits per heavy atom. The van der Waals surface area contributed by atoms with Crippen LogP contribution in [0.25, 0.3) is 0 Å². The van der Waals surface area contributed by atoms with Crippen molar-refractivity contribution >= 4 is 29.7 Å². The topological polar surface area (TPSA) is 353 Å². The molecular formula is C115H126N2O29. The first-order chi connectivity index (χ1) is 71.4. The molecule has 5 heterocycles. The van der Waals surface area contributed by atoms with Gasteiger partial charge in [-0.1, -0.05) is 322 Å². The van der Waals surface area contributed by atoms with E-state index in [4.69, 9.17) is 104 Å². The Kier molecular flexibility index (Phi) is 40.3. The Balaban J connectivity index is 0.883. The largest absolute Gasteiger partial charge is 0.463 e. The van der Waals surface area contributed by atoms with E-state index in [1.807, 2.05) is 303 Å². The third kappa shape index (κ3) is 30.8. The normalized spacial score (nSPS) is 27.2. The predicted molar refractivity (Wildman–Crippen MR) is 529 cm³/mol. The lowest BCUT2D eigenvalue weighted by Gasteiger charge is -2.53. The highest BCUT2D eigenvalue weighted by Crippen LogP contribution is 2.43. The van der Waals surface area contributed by atoms with Crippen molar-refractivity contribution in [2.45, 2.75) is 247 Å². The van der Waals surface area contributed by atoms with E-state index in [9.17, 15) is 24.6 Å². The van der Waals surface area contributed by atoms with Gasteiger partial charge in [0.2, 0.25) is 11.8 Å². The van der Waals surface area contributed by atoms with E-state index < -0.39 is 196 Å². The zero-order valence-electron chi connectivity index (χ0n) is 81.7. The summed E-state index contributed by atoms with van der Waals surface area (Å²) < 4.78 is 157. The highest BCUT2D eigenvalue weighted by Gasteiger charge is 2.62. The summed E-state index contributed by atoms with van der Waals surface area (Å²) in [5.74, 6) is -3.95. The van der Waals surface area contributed by atoms with Crippen LogP contribution >= 0.6 is 0 Å². The van der Waals surface area contributed by atoms with Gasteiger partial charge in [0.15, 0.2) is 43.7 Å². The van der Waals surface area contributed by atoms with Gasteiger partial charge in [0.1, 0.15) is 116 Å². The minimum absolute atomic E-state index is 0.0256. The molecule has 31 nitrogen and oxygen atoms in total. The molecule has 0 saturated carbocycles. The molecule has 25 atom stereocenters. The quantitative estimate of drug-likeness (QED) is 0.0203. The van der Waals surface area contributed by atoms with Crippen molar-refractivity contribution in [3.63, 3.8) is 0 Å². The molecule has 2 amide bonds. The van der Waals surface area contributed by atoms with Gasteiger partial charge in [0, 0.05) is 27.7 Å². The summed E-state index contributed by atoms with van der Waals surface area (Å²) in [4.78, 5) is 73.1. The predicted octanol–water partition coefficient (Wildman–Crippen LogP) is 13.6. The van der Waals surface area contributed by atoms with Gasteiger partial charge in [-0.3, -0.25) is 19.2 Å². The Morgan fingerprint density at radius 2 is 0.521 bits per heavy atom. The molecule has 16 rings (SSSR count). The van der Waals surface area contributed by atoms with Crippen molar-refractivity contribution in [3.05, 3.63) is 395 Å². The van der Waals surface area contributed by atoms with Gasteiger partial charge in [-0.25, -0.2) is 4.79 Å². The molecule has 11 aromatic rings. The van der Waals surface area contributed by atoms with Crippen LogP contribution in [0, 0.1) is 0 Å². The highest BCUT2D eigenvalue weighted by atomic mass is 16.8. The molecule has 0 aromatic heterocycles. The van der Waals surface area contributed by atoms with Crippen LogP contribution in [0.1, 0.15) is 93.7 Å². The molecule has 0 aliphatic carbocycles. The van der Waals surface area contributed by atoms with Crippen LogP contribution in [0.5, 0.6) is 0 Å². The van der Waals surface area contributed by atoms with Crippen LogP contribution in [0.15, 0.2) is 334 Å². The number of aliphatic hydroxyl groups excluding tert-OH is 2. The average Bonchev–Trinajstić information content (AvgIpc) is 0.742. The first kappa shape index (κ1) is 107. The maximum atomic E-state index is 15.4. The third-order valence-corrected chi connectivity index (χ3v) is 25.3. The maximum absolute atomic E-state index is 15.4. The van der Waals surface area contributed by atoms with Gasteiger partial charge < -0.3 is 125 Å². The number of nitrogens with one attached hydrogen (secondary N) is 2. The molecule has 5 fully saturated rings. The SMILES string of the molecule is CC(=O)N[C@H]1[C@H](O[C@@H]2[C@H](O[C@@H]3O[C@H](COCc4ccccc4)[C@@H](O)[C@H](OCc4ccccc4)[C@H]3NC(C)=O)[C@@H](OCc3ccccc3)[C@H](O[C@H]3[C@H](OCc4ccccc4)[C@@H](OCc4ccccc4)[C@H](O)O[C@@H]3COCc3ccccc3)O[C@@H]2COCc2ccccc2)O[C@H](COC(C)=O)[C@H](OC(C)=O)[C@@H]1O[C@@H]1O[C@H](COCc2ccccc2)[C@H](OCc2ccccc2)[C@H](OCc2ccccc2)[C@H]1OC(=O)c1ccccc1. The molecule has 770 valence electrons. The van der Waals surface area contributed by atoms with Crippen molar-refractivity contribution < 1.29 is 138 Å². The van der Waals surface area contributed by atoms with Crippen LogP contribution in [0.4, 0.5) is 0 Å². The fourth-order valence-corrected chi connectivity index (χ4v) is 18.3. The fourth-order valence-electron chi connectivity index (χ4n) is 18.3. The Bertz CT molecular complexity index is 5710. The molecular weight excluding hydrogens is 1870 g/mol. The minimum Gasteiger partial charge on any atom is -0.463 e. The molecule has 31 heteroatoms. The van der Waals surface area contributed by atoms with Crippen molar-refractivity contribution in [2.24, 2.45) is 0 Å². The van der Waals surface area contributed by atoms with Crippen LogP contribution in [-0.2, 0) is 189 Å². The summed E-state index contributed by atoms with van der Waals surface area (Å²) in [6.45, 7) is 2.31. The number of carbonyl (C=O) groups excluding carboxylic acids is 5. The van der Waals surface area contributed by atoms with Gasteiger partial charge in [-0.15, -0.1) is 0 Å². The zero-order chi connectivity index (χ0) is 101. The molecule has 5 aliphatic rings. The second-order valence-corrected chi connectivity index (χ2v) is 36.3. The first-order valence-corrected chi connectivity index (χ1v) is 49.2. The standard InChI is InChI=1S/C115H126N2O29/c1-75(118)116-95-102(131-65-84-48-26-10-27-49-84)97(122)90(70-125-60-79-38-16-5-17-39-79)138-112(95)146-106-101(93(73-128-63-82-44-22-8-23-45-82)141-114(108(106)135-69-88-56-34-14-35-57-88)144-100-92(72-127-62-81-42-20-7-21-43-81)137-111(124)107(134-68-87-54-32-13-33-55-87)105(100)133-67-86-52-30-12-31-53-86)143-113-96(117-76(2)119)103(99(136-78(4)121)94(139-113)74-129-77(3)120)145-115-109(142-110(123)89-58-36-15-37-59-89)104(132-66-85-50-28-11-29-51-85)98(130-64-83-46-24-9-25-47-83)91(140-115)71-126-61-80-40-18-6-19-41-80/h5-59,90-109,111-115,122,124H,60-74H2,1-4H3,(H,116,118)(H,117,119)/t90-,91-,92-,93-,94-,95-,96-,97-,98+,99+,100-,101+,102-,103-,104+,105+,106+,107-,108-,109-,111-,112+,113+,114+,115+/m1/s1. The number of ether oxygens (including phenoxy) is 22. The number of hydrogen-bond donors (Lipinski definition) is 4. The molecule has 4 N–H and O–H groups in total. The summed E-state index contributed by atoms with van der Waals surface area (Å²) in [5, 5.41) is 32.0. The molecule has 146 heavy (non-hydrogen) atoms. The number of amides is 2. The van der Waals surface area contributed by atoms with Gasteiger partial charge in [-0.2, -0.15) is 0 Å². The van der Waals surface area contributed by atoms with Gasteiger partial charge in [0.05, 0.1) is 98.1 Å². The first-order valence-electron chi connectivity index (χ1n) is 49.2. The van der Waals surface area contributed by atoms with Crippen molar-refractivity contribution in [1.29, 1.82) is 0 Å². The van der Waals surface area contributed by atoms with E-state index >= 15 is 9.59 Å². The van der Waals surface area contributed by atoms with Crippen LogP contribution in [0.3, 0.4) is 0 Å². The van der Waals surface area contributed by atoms with E-state index in [2.05, 4.69) is 10.6 Å². The Labute approximate surface area is 849 Å². The van der Waals surface area contributed by atoms with Gasteiger partial charge >= 0.3 is 17.9 Å². The van der Waals surface area contributed by atoms with Crippen molar-refractivity contribution in [1.82, 2.24) is 10.6 Å². The van der Waals surface area contributed by atoms with Crippen molar-refractivity contribution in [3.8, 4) is 0 Å². The van der Waals surface area contributed by atoms with E-state index in [0.717, 1.165) is 40.3 Å². The number of benzene rings is 11. The number of hydrogen-bond acceptors (Lipinski definition) is 29. The number of rotatable bonds is 49. The molecule has 5 aliphatic heterocycles. The zero-order valence-corrected chi connectivity index (χ0v) is 81.7. The van der Waals surface area contributed by atoms with Crippen LogP contribution in [0.2, 0.25) is 0 Å². The summed E-state index contributed by atoms with van der Waals surface area (Å²) in [6, 6.07) is 98.4. The smallest absolute Gasteiger partial charge is 0.338 e. The minimum atomic E-state index is -2.01. The summed E-state index contributed by atoms with van der Waals surface area (Å²) in [5.41, 5.74) is 7.49. The summed E-state index contributed by atoms with van der Waals surface area (Å²) in [7, 11) is 0. The van der Waals surface area contributed by atoms with E-state index in [1.165, 1.54) is 20.8 Å². The van der Waals surface area contributed by atoms with E-state index in [-0.39, 0.29) is 91.5 Å². The lowest BCUT2D eigenvalue weighted by atomic mass is 9.93. The second kappa shape index (κ2) is 55.1. The lowest BCUT2D eigenvalue weighted by molar-refractivity contribution is -0.401. The maximum Gasteiger partial charge on any atom is 0.338 e. The van der Waals surface area contributed by atoms with Gasteiger partial charge in [0.25, 0.3) is 0 Å². The molecule has 0 bridgehead atoms. The fraction of sp³-hybridized carbons (Fsp3) is 0.383. The number of aliphatic hydroxyl groups is 2. The lowest BCUT2D eigenvalue weighted by Crippen LogP contribution is -2.72. The second-order valence-electron chi connectivity index (χ2n) is 36.3. The van der Waals surface area contributed by atoms with E-state index in [0.29, 0.717) is 22.3 Å². The summed E-state index contributed by atoms with van der Waals surface area (Å²) >= 11 is 0. The summed E-state index contributed by atoms with van der Waals surface area (Å²) in [6.07, 6.45) is -36.6. The monoisotopic (exact) mass is 2000 g/mol. The number of carbonyl (C=O) groups is 5. The van der Waals surface area contributed by atoms with Crippen LogP contribution in [-0.4, -0.2) is 226 Å². The van der Waals surface area contributed by atoms with Gasteiger partial charge in [-0.05, 0) is 67.8 Å². The Morgan fingerprint density at radius 3 is 0.904 bits per heavy atom.